The van der Waals surface area contributed by atoms with Crippen LogP contribution in [-0.2, 0) is 4.74 Å². The minimum absolute atomic E-state index is 0.275. The second kappa shape index (κ2) is 2.39. The monoisotopic (exact) mass is 138 g/mol. The van der Waals surface area contributed by atoms with E-state index in [1.807, 2.05) is 0 Å². The molecule has 1 heterocycles. The first-order chi connectivity index (χ1) is 4.20. The molecule has 0 bridgehead atoms. The second-order valence-corrected chi connectivity index (χ2v) is 1.82. The highest BCUT2D eigenvalue weighted by Crippen LogP contribution is 2.22. The van der Waals surface area contributed by atoms with Gasteiger partial charge in [-0.05, 0) is 0 Å². The normalized spacial score (nSPS) is 23.7. The van der Waals surface area contributed by atoms with Crippen molar-refractivity contribution in [2.45, 2.75) is 12.5 Å². The van der Waals surface area contributed by atoms with Crippen molar-refractivity contribution in [3.05, 3.63) is 11.9 Å². The zero-order chi connectivity index (χ0) is 6.85. The molecule has 0 radical (unpaired) electrons. The van der Waals surface area contributed by atoms with Crippen LogP contribution in [0.15, 0.2) is 11.9 Å². The van der Waals surface area contributed by atoms with Crippen LogP contribution in [0, 0.1) is 0 Å². The van der Waals surface area contributed by atoms with Crippen LogP contribution in [-0.4, -0.2) is 12.7 Å². The minimum atomic E-state index is -2.23. The second-order valence-electron chi connectivity index (χ2n) is 1.82. The smallest absolute Gasteiger partial charge is 0.301 e. The lowest BCUT2D eigenvalue weighted by Gasteiger charge is -1.87. The van der Waals surface area contributed by atoms with Crippen molar-refractivity contribution < 1.29 is 17.9 Å². The Labute approximate surface area is 50.1 Å². The third-order valence-corrected chi connectivity index (χ3v) is 1.01. The van der Waals surface area contributed by atoms with E-state index in [4.69, 9.17) is 0 Å². The van der Waals surface area contributed by atoms with Gasteiger partial charge in [-0.25, -0.2) is 4.39 Å². The molecule has 1 aliphatic rings. The molecule has 0 aromatic rings. The van der Waals surface area contributed by atoms with Crippen LogP contribution in [0.5, 0.6) is 0 Å². The van der Waals surface area contributed by atoms with Crippen LogP contribution in [0.4, 0.5) is 13.2 Å². The van der Waals surface area contributed by atoms with E-state index in [-0.39, 0.29) is 12.5 Å². The SMILES string of the molecule is FC(F)=C(F)C[C@H]1CO1. The highest BCUT2D eigenvalue weighted by molar-refractivity contribution is 4.96. The molecule has 9 heavy (non-hydrogen) atoms. The van der Waals surface area contributed by atoms with Gasteiger partial charge in [-0.15, -0.1) is 0 Å². The predicted octanol–water partition coefficient (Wildman–Crippen LogP) is 1.85. The van der Waals surface area contributed by atoms with E-state index in [0.717, 1.165) is 0 Å². The molecule has 0 N–H and O–H groups in total. The standard InChI is InChI=1S/C5H5F3O/c6-4(5(7)8)1-3-2-9-3/h3H,1-2H2/t3-/m0/s1. The number of ether oxygens (including phenoxy) is 1. The number of hydrogen-bond acceptors (Lipinski definition) is 1. The van der Waals surface area contributed by atoms with Gasteiger partial charge in [0.1, 0.15) is 0 Å². The quantitative estimate of drug-likeness (QED) is 0.530. The zero-order valence-electron chi connectivity index (χ0n) is 4.53. The Morgan fingerprint density at radius 3 is 2.33 bits per heavy atom. The first-order valence-corrected chi connectivity index (χ1v) is 2.51. The Kier molecular flexibility index (Phi) is 1.75. The van der Waals surface area contributed by atoms with E-state index < -0.39 is 11.9 Å². The van der Waals surface area contributed by atoms with Crippen molar-refractivity contribution in [3.63, 3.8) is 0 Å². The van der Waals surface area contributed by atoms with Gasteiger partial charge in [0.15, 0.2) is 5.83 Å². The zero-order valence-corrected chi connectivity index (χ0v) is 4.53. The molecule has 0 amide bonds. The van der Waals surface area contributed by atoms with Gasteiger partial charge < -0.3 is 4.74 Å². The van der Waals surface area contributed by atoms with E-state index in [0.29, 0.717) is 6.61 Å². The van der Waals surface area contributed by atoms with Gasteiger partial charge in [0.25, 0.3) is 0 Å². The van der Waals surface area contributed by atoms with Crippen LogP contribution in [0.3, 0.4) is 0 Å². The van der Waals surface area contributed by atoms with E-state index in [2.05, 4.69) is 4.74 Å². The molecule has 0 saturated carbocycles. The fourth-order valence-electron chi connectivity index (χ4n) is 0.463. The lowest BCUT2D eigenvalue weighted by Crippen LogP contribution is -1.85. The molecule has 1 fully saturated rings. The molecule has 1 rings (SSSR count). The van der Waals surface area contributed by atoms with E-state index in [1.165, 1.54) is 0 Å². The Bertz CT molecular complexity index is 135. The van der Waals surface area contributed by atoms with Crippen LogP contribution in [0.25, 0.3) is 0 Å². The van der Waals surface area contributed by atoms with Gasteiger partial charge in [0, 0.05) is 6.42 Å². The summed E-state index contributed by atoms with van der Waals surface area (Å²) in [6, 6.07) is 0. The van der Waals surface area contributed by atoms with Gasteiger partial charge >= 0.3 is 6.08 Å². The number of rotatable bonds is 2. The van der Waals surface area contributed by atoms with Gasteiger partial charge in [-0.3, -0.25) is 0 Å². The molecular weight excluding hydrogens is 133 g/mol. The van der Waals surface area contributed by atoms with Crippen molar-refractivity contribution in [2.75, 3.05) is 6.61 Å². The highest BCUT2D eigenvalue weighted by Gasteiger charge is 2.25. The fraction of sp³-hybridized carbons (Fsp3) is 0.600. The van der Waals surface area contributed by atoms with Crippen LogP contribution in [0.1, 0.15) is 6.42 Å². The molecule has 1 nitrogen and oxygen atoms in total. The summed E-state index contributed by atoms with van der Waals surface area (Å²) in [5.41, 5.74) is 0. The van der Waals surface area contributed by atoms with E-state index in [9.17, 15) is 13.2 Å². The molecule has 0 aliphatic carbocycles. The Morgan fingerprint density at radius 1 is 1.44 bits per heavy atom. The summed E-state index contributed by atoms with van der Waals surface area (Å²) in [7, 11) is 0. The van der Waals surface area contributed by atoms with Crippen molar-refractivity contribution in [2.24, 2.45) is 0 Å². The van der Waals surface area contributed by atoms with Gasteiger partial charge in [-0.2, -0.15) is 8.78 Å². The average molecular weight is 138 g/mol. The first kappa shape index (κ1) is 6.61. The molecule has 0 unspecified atom stereocenters. The van der Waals surface area contributed by atoms with Crippen LogP contribution < -0.4 is 0 Å². The summed E-state index contributed by atoms with van der Waals surface area (Å²) in [5.74, 6) is -1.35. The Balaban J connectivity index is 2.32. The summed E-state index contributed by atoms with van der Waals surface area (Å²) >= 11 is 0. The number of epoxide rings is 1. The molecule has 0 aromatic carbocycles. The lowest BCUT2D eigenvalue weighted by molar-refractivity contribution is 0.346. The largest absolute Gasteiger partial charge is 0.373 e. The average Bonchev–Trinajstić information content (AvgIpc) is 2.50. The maximum absolute atomic E-state index is 11.9. The fourth-order valence-corrected chi connectivity index (χ4v) is 0.463. The summed E-state index contributed by atoms with van der Waals surface area (Å²) in [6.07, 6.45) is -2.81. The van der Waals surface area contributed by atoms with Crippen LogP contribution >= 0.6 is 0 Å². The molecule has 1 aliphatic heterocycles. The highest BCUT2D eigenvalue weighted by atomic mass is 19.3. The third-order valence-electron chi connectivity index (χ3n) is 1.01. The number of halogens is 3. The van der Waals surface area contributed by atoms with E-state index in [1.54, 1.807) is 0 Å². The number of hydrogen-bond donors (Lipinski definition) is 0. The van der Waals surface area contributed by atoms with Crippen molar-refractivity contribution in [1.29, 1.82) is 0 Å². The van der Waals surface area contributed by atoms with Crippen molar-refractivity contribution in [3.8, 4) is 0 Å². The van der Waals surface area contributed by atoms with Crippen molar-refractivity contribution >= 4 is 0 Å². The van der Waals surface area contributed by atoms with Crippen LogP contribution in [0.2, 0.25) is 0 Å². The summed E-state index contributed by atoms with van der Waals surface area (Å²) in [5, 5.41) is 0. The molecule has 4 heteroatoms. The predicted molar refractivity (Wildman–Crippen MR) is 24.7 cm³/mol. The first-order valence-electron chi connectivity index (χ1n) is 2.51. The van der Waals surface area contributed by atoms with Crippen molar-refractivity contribution in [1.82, 2.24) is 0 Å². The molecule has 52 valence electrons. The van der Waals surface area contributed by atoms with Gasteiger partial charge in [-0.1, -0.05) is 0 Å². The van der Waals surface area contributed by atoms with E-state index >= 15 is 0 Å². The molecule has 0 spiro atoms. The minimum Gasteiger partial charge on any atom is -0.373 e. The maximum atomic E-state index is 11.9. The summed E-state index contributed by atoms with van der Waals surface area (Å²) in [4.78, 5) is 0. The molecule has 1 saturated heterocycles. The van der Waals surface area contributed by atoms with Gasteiger partial charge in [0.2, 0.25) is 0 Å². The molecule has 1 atom stereocenters. The Morgan fingerprint density at radius 2 is 2.00 bits per heavy atom. The topological polar surface area (TPSA) is 12.5 Å². The third kappa shape index (κ3) is 2.05. The summed E-state index contributed by atoms with van der Waals surface area (Å²) < 4.78 is 38.9. The summed E-state index contributed by atoms with van der Waals surface area (Å²) in [6.45, 7) is 0.403. The Hall–Kier alpha value is -0.510. The van der Waals surface area contributed by atoms with Gasteiger partial charge in [0.05, 0.1) is 12.7 Å². The molecular formula is C5H5F3O. The molecule has 0 aromatic heterocycles. The maximum Gasteiger partial charge on any atom is 0.301 e. The lowest BCUT2D eigenvalue weighted by atomic mass is 10.3.